The van der Waals surface area contributed by atoms with Crippen LogP contribution in [-0.2, 0) is 7.05 Å². The van der Waals surface area contributed by atoms with Gasteiger partial charge in [0.1, 0.15) is 0 Å². The zero-order chi connectivity index (χ0) is 14.0. The summed E-state index contributed by atoms with van der Waals surface area (Å²) in [5.41, 5.74) is 6.20. The smallest absolute Gasteiger partial charge is 0.277 e. The van der Waals surface area contributed by atoms with Gasteiger partial charge in [0, 0.05) is 13.2 Å². The van der Waals surface area contributed by atoms with Gasteiger partial charge in [0.05, 0.1) is 14.8 Å². The van der Waals surface area contributed by atoms with Crippen LogP contribution in [0.3, 0.4) is 0 Å². The molecule has 0 saturated carbocycles. The van der Waals surface area contributed by atoms with E-state index in [1.165, 1.54) is 0 Å². The number of aromatic nitrogens is 2. The molecule has 0 aliphatic carbocycles. The predicted octanol–water partition coefficient (Wildman–Crippen LogP) is 1.38. The number of nitrogens with two attached hydrogens (primary N) is 1. The maximum Gasteiger partial charge on any atom is 0.277 e. The number of primary amides is 1. The Hall–Kier alpha value is -1.90. The molecule has 6 nitrogen and oxygen atoms in total. The lowest BCUT2D eigenvalue weighted by Gasteiger charge is -2.07. The van der Waals surface area contributed by atoms with Gasteiger partial charge < -0.3 is 11.1 Å². The van der Waals surface area contributed by atoms with Crippen LogP contribution in [0.2, 0.25) is 0 Å². The standard InChI is InChI=1S/C12H11IN4O2/c1-17-6-8(13)10(16-17)12(19)15-9-5-3-2-4-7(9)11(14)18/h2-6H,1H3,(H2,14,18)(H,15,19). The summed E-state index contributed by atoms with van der Waals surface area (Å²) >= 11 is 2.03. The summed E-state index contributed by atoms with van der Waals surface area (Å²) in [6.45, 7) is 0. The molecule has 1 aromatic heterocycles. The average molecular weight is 370 g/mol. The van der Waals surface area contributed by atoms with Crippen LogP contribution >= 0.6 is 22.6 Å². The molecule has 0 saturated heterocycles. The molecule has 0 atom stereocenters. The lowest BCUT2D eigenvalue weighted by atomic mass is 10.1. The lowest BCUT2D eigenvalue weighted by Crippen LogP contribution is -2.19. The molecular formula is C12H11IN4O2. The molecule has 2 amide bonds. The second-order valence-electron chi connectivity index (χ2n) is 3.86. The molecule has 0 spiro atoms. The van der Waals surface area contributed by atoms with Crippen molar-refractivity contribution < 1.29 is 9.59 Å². The van der Waals surface area contributed by atoms with Crippen LogP contribution in [-0.4, -0.2) is 21.6 Å². The zero-order valence-electron chi connectivity index (χ0n) is 10.1. The van der Waals surface area contributed by atoms with Crippen molar-refractivity contribution in [2.24, 2.45) is 12.8 Å². The van der Waals surface area contributed by atoms with E-state index in [1.54, 1.807) is 42.2 Å². The Morgan fingerprint density at radius 2 is 2.05 bits per heavy atom. The molecule has 7 heteroatoms. The van der Waals surface area contributed by atoms with Crippen molar-refractivity contribution in [1.82, 2.24) is 9.78 Å². The van der Waals surface area contributed by atoms with Gasteiger partial charge in [0.2, 0.25) is 0 Å². The average Bonchev–Trinajstić information content (AvgIpc) is 2.69. The van der Waals surface area contributed by atoms with Gasteiger partial charge >= 0.3 is 0 Å². The van der Waals surface area contributed by atoms with Crippen LogP contribution in [0.15, 0.2) is 30.5 Å². The summed E-state index contributed by atoms with van der Waals surface area (Å²) in [4.78, 5) is 23.3. The summed E-state index contributed by atoms with van der Waals surface area (Å²) in [6, 6.07) is 6.57. The fourth-order valence-electron chi connectivity index (χ4n) is 1.60. The largest absolute Gasteiger partial charge is 0.366 e. The van der Waals surface area contributed by atoms with E-state index in [0.717, 1.165) is 3.57 Å². The molecule has 2 aromatic rings. The molecule has 0 radical (unpaired) electrons. The van der Waals surface area contributed by atoms with Crippen LogP contribution in [0.25, 0.3) is 0 Å². The molecule has 0 fully saturated rings. The van der Waals surface area contributed by atoms with E-state index in [0.29, 0.717) is 11.4 Å². The monoisotopic (exact) mass is 370 g/mol. The number of nitrogens with one attached hydrogen (secondary N) is 1. The van der Waals surface area contributed by atoms with Gasteiger partial charge in [-0.1, -0.05) is 12.1 Å². The number of carbonyl (C=O) groups excluding carboxylic acids is 2. The molecule has 0 aliphatic heterocycles. The molecule has 2 rings (SSSR count). The normalized spacial score (nSPS) is 10.2. The van der Waals surface area contributed by atoms with Crippen LogP contribution in [0.4, 0.5) is 5.69 Å². The third-order valence-corrected chi connectivity index (χ3v) is 3.23. The molecule has 0 bridgehead atoms. The second-order valence-corrected chi connectivity index (χ2v) is 5.03. The number of aryl methyl sites for hydroxylation is 1. The number of hydrogen-bond donors (Lipinski definition) is 2. The van der Waals surface area contributed by atoms with Gasteiger partial charge in [0.15, 0.2) is 5.69 Å². The first-order valence-electron chi connectivity index (χ1n) is 5.38. The molecule has 3 N–H and O–H groups in total. The van der Waals surface area contributed by atoms with Crippen LogP contribution in [0.1, 0.15) is 20.8 Å². The molecule has 0 unspecified atom stereocenters. The van der Waals surface area contributed by atoms with Crippen LogP contribution in [0.5, 0.6) is 0 Å². The van der Waals surface area contributed by atoms with Gasteiger partial charge in [-0.25, -0.2) is 0 Å². The molecule has 0 aliphatic rings. The van der Waals surface area contributed by atoms with Gasteiger partial charge in [-0.15, -0.1) is 0 Å². The molecular weight excluding hydrogens is 359 g/mol. The summed E-state index contributed by atoms with van der Waals surface area (Å²) in [5, 5.41) is 6.70. The van der Waals surface area contributed by atoms with E-state index in [9.17, 15) is 9.59 Å². The van der Waals surface area contributed by atoms with E-state index in [-0.39, 0.29) is 11.5 Å². The maximum atomic E-state index is 12.1. The first-order valence-corrected chi connectivity index (χ1v) is 6.46. The minimum atomic E-state index is -0.591. The first-order chi connectivity index (χ1) is 8.99. The molecule has 1 aromatic carbocycles. The van der Waals surface area contributed by atoms with Crippen LogP contribution < -0.4 is 11.1 Å². The number of carbonyl (C=O) groups is 2. The Balaban J connectivity index is 2.29. The van der Waals surface area contributed by atoms with Crippen molar-refractivity contribution in [3.63, 3.8) is 0 Å². The highest BCUT2D eigenvalue weighted by atomic mass is 127. The number of rotatable bonds is 3. The Morgan fingerprint density at radius 1 is 1.37 bits per heavy atom. The number of anilines is 1. The van der Waals surface area contributed by atoms with Crippen molar-refractivity contribution in [1.29, 1.82) is 0 Å². The van der Waals surface area contributed by atoms with E-state index in [2.05, 4.69) is 10.4 Å². The predicted molar refractivity (Wildman–Crippen MR) is 78.8 cm³/mol. The number of halogens is 1. The number of para-hydroxylation sites is 1. The number of hydrogen-bond acceptors (Lipinski definition) is 3. The SMILES string of the molecule is Cn1cc(I)c(C(=O)Nc2ccccc2C(N)=O)n1. The zero-order valence-corrected chi connectivity index (χ0v) is 12.2. The first kappa shape index (κ1) is 13.5. The summed E-state index contributed by atoms with van der Waals surface area (Å²) in [7, 11) is 1.73. The van der Waals surface area contributed by atoms with E-state index in [4.69, 9.17) is 5.73 Å². The summed E-state index contributed by atoms with van der Waals surface area (Å²) < 4.78 is 2.28. The highest BCUT2D eigenvalue weighted by Crippen LogP contribution is 2.17. The van der Waals surface area contributed by atoms with Crippen molar-refractivity contribution in [3.8, 4) is 0 Å². The fraction of sp³-hybridized carbons (Fsp3) is 0.0833. The van der Waals surface area contributed by atoms with Crippen molar-refractivity contribution in [2.45, 2.75) is 0 Å². The minimum absolute atomic E-state index is 0.266. The Bertz CT molecular complexity index is 651. The number of amides is 2. The molecule has 1 heterocycles. The topological polar surface area (TPSA) is 90.0 Å². The minimum Gasteiger partial charge on any atom is -0.366 e. The lowest BCUT2D eigenvalue weighted by molar-refractivity contribution is 0.100. The quantitative estimate of drug-likeness (QED) is 0.800. The third-order valence-electron chi connectivity index (χ3n) is 2.44. The van der Waals surface area contributed by atoms with Gasteiger partial charge in [-0.05, 0) is 34.7 Å². The van der Waals surface area contributed by atoms with E-state index < -0.39 is 5.91 Å². The van der Waals surface area contributed by atoms with Gasteiger partial charge in [-0.3, -0.25) is 14.3 Å². The number of benzene rings is 1. The molecule has 98 valence electrons. The van der Waals surface area contributed by atoms with Gasteiger partial charge in [0.25, 0.3) is 11.8 Å². The Morgan fingerprint density at radius 3 is 2.63 bits per heavy atom. The second kappa shape index (κ2) is 5.39. The number of nitrogens with zero attached hydrogens (tertiary/aromatic N) is 2. The summed E-state index contributed by atoms with van der Waals surface area (Å²) in [6.07, 6.45) is 1.73. The third kappa shape index (κ3) is 2.92. The van der Waals surface area contributed by atoms with Crippen molar-refractivity contribution >= 4 is 40.1 Å². The Labute approximate surface area is 123 Å². The van der Waals surface area contributed by atoms with Crippen molar-refractivity contribution in [2.75, 3.05) is 5.32 Å². The Kier molecular flexibility index (Phi) is 3.84. The van der Waals surface area contributed by atoms with Crippen molar-refractivity contribution in [3.05, 3.63) is 45.3 Å². The fourth-order valence-corrected chi connectivity index (χ4v) is 2.36. The van der Waals surface area contributed by atoms with Gasteiger partial charge in [-0.2, -0.15) is 5.10 Å². The highest BCUT2D eigenvalue weighted by molar-refractivity contribution is 14.1. The van der Waals surface area contributed by atoms with Crippen LogP contribution in [0, 0.1) is 3.57 Å². The van der Waals surface area contributed by atoms with E-state index in [1.807, 2.05) is 22.6 Å². The maximum absolute atomic E-state index is 12.1. The highest BCUT2D eigenvalue weighted by Gasteiger charge is 2.16. The summed E-state index contributed by atoms with van der Waals surface area (Å²) in [5.74, 6) is -0.967. The molecule has 19 heavy (non-hydrogen) atoms. The van der Waals surface area contributed by atoms with E-state index >= 15 is 0 Å².